The Morgan fingerprint density at radius 3 is 2.45 bits per heavy atom. The predicted octanol–water partition coefficient (Wildman–Crippen LogP) is 0.292. The first-order chi connectivity index (χ1) is 13.8. The molecule has 1 N–H and O–H groups in total. The second kappa shape index (κ2) is 7.24. The van der Waals surface area contributed by atoms with Gasteiger partial charge in [0.05, 0.1) is 53.5 Å². The number of fused-ring (bicyclic) bond motifs is 1. The van der Waals surface area contributed by atoms with E-state index < -0.39 is 0 Å². The highest BCUT2D eigenvalue weighted by molar-refractivity contribution is 6.58. The summed E-state index contributed by atoms with van der Waals surface area (Å²) in [5, 5.41) is 3.83. The summed E-state index contributed by atoms with van der Waals surface area (Å²) in [6, 6.07) is 11.5. The lowest BCUT2D eigenvalue weighted by Crippen LogP contribution is -2.27. The Labute approximate surface area is 172 Å². The third-order valence-electron chi connectivity index (χ3n) is 4.93. The summed E-state index contributed by atoms with van der Waals surface area (Å²) < 4.78 is 1.94. The number of carbonyl (C=O) groups is 1. The van der Waals surface area contributed by atoms with Gasteiger partial charge in [0.2, 0.25) is 0 Å². The fourth-order valence-electron chi connectivity index (χ4n) is 3.18. The van der Waals surface area contributed by atoms with Gasteiger partial charge in [-0.2, -0.15) is 0 Å². The van der Waals surface area contributed by atoms with E-state index in [4.69, 9.17) is 0 Å². The third-order valence-corrected chi connectivity index (χ3v) is 4.93. The van der Waals surface area contributed by atoms with E-state index in [0.29, 0.717) is 11.4 Å². The number of anilines is 1. The summed E-state index contributed by atoms with van der Waals surface area (Å²) in [6.45, 7) is 0. The molecule has 6 nitrogen and oxygen atoms in total. The number of benzene rings is 1. The zero-order chi connectivity index (χ0) is 20.6. The summed E-state index contributed by atoms with van der Waals surface area (Å²) in [4.78, 5) is 25.6. The maximum atomic E-state index is 12.6. The first-order valence-electron chi connectivity index (χ1n) is 9.46. The van der Waals surface area contributed by atoms with Crippen LogP contribution >= 0.6 is 0 Å². The van der Waals surface area contributed by atoms with Gasteiger partial charge in [0.1, 0.15) is 5.82 Å². The topological polar surface area (TPSA) is 72.7 Å². The molecule has 0 bridgehead atoms. The predicted molar refractivity (Wildman–Crippen MR) is 123 cm³/mol. The maximum absolute atomic E-state index is 12.6. The molecular weight excluding hydrogens is 359 g/mol. The molecule has 0 unspecified atom stereocenters. The molecule has 0 spiro atoms. The van der Waals surface area contributed by atoms with Gasteiger partial charge in [0, 0.05) is 29.8 Å². The van der Waals surface area contributed by atoms with Crippen molar-refractivity contribution in [3.8, 4) is 11.3 Å². The van der Waals surface area contributed by atoms with Crippen molar-refractivity contribution in [3.05, 3.63) is 72.4 Å². The Morgan fingerprint density at radius 1 is 1.03 bits per heavy atom. The Bertz CT molecular complexity index is 1200. The average molecular weight is 379 g/mol. The van der Waals surface area contributed by atoms with Crippen LogP contribution in [0.15, 0.2) is 61.3 Å². The van der Waals surface area contributed by atoms with Crippen LogP contribution in [-0.4, -0.2) is 49.0 Å². The number of hydrogen-bond donors (Lipinski definition) is 1. The highest BCUT2D eigenvalue weighted by Gasteiger charge is 2.15. The Kier molecular flexibility index (Phi) is 4.74. The van der Waals surface area contributed by atoms with E-state index in [1.165, 1.54) is 5.56 Å². The van der Waals surface area contributed by atoms with Gasteiger partial charge in [0.15, 0.2) is 0 Å². The normalized spacial score (nSPS) is 11.5. The van der Waals surface area contributed by atoms with Crippen LogP contribution in [0, 0.1) is 0 Å². The summed E-state index contributed by atoms with van der Waals surface area (Å²) in [5.74, 6) is 0.305. The van der Waals surface area contributed by atoms with Crippen LogP contribution in [0.4, 0.5) is 5.82 Å². The fraction of sp³-hybridized carbons (Fsp3) is 0.100. The number of nitrogens with zero attached hydrogens (tertiary/aromatic N) is 4. The van der Waals surface area contributed by atoms with Crippen molar-refractivity contribution in [2.24, 2.45) is 7.05 Å². The van der Waals surface area contributed by atoms with Crippen LogP contribution in [0.1, 0.15) is 15.9 Å². The van der Waals surface area contributed by atoms with Crippen molar-refractivity contribution >= 4 is 46.2 Å². The van der Waals surface area contributed by atoms with Gasteiger partial charge in [-0.25, -0.2) is 9.97 Å². The third kappa shape index (κ3) is 3.94. The molecule has 0 aliphatic rings. The van der Waals surface area contributed by atoms with Crippen molar-refractivity contribution in [2.75, 3.05) is 5.32 Å². The van der Waals surface area contributed by atoms with Crippen molar-refractivity contribution in [3.63, 3.8) is 0 Å². The van der Waals surface area contributed by atoms with E-state index >= 15 is 0 Å². The van der Waals surface area contributed by atoms with Crippen LogP contribution in [0.3, 0.4) is 0 Å². The number of aromatic nitrogens is 4. The van der Waals surface area contributed by atoms with Gasteiger partial charge in [-0.15, -0.1) is 0 Å². The highest BCUT2D eigenvalue weighted by atomic mass is 16.1. The molecule has 4 rings (SSSR count). The Hall–Kier alpha value is -3.35. The number of carbonyl (C=O) groups excluding carboxylic acids is 1. The molecule has 0 fully saturated rings. The van der Waals surface area contributed by atoms with E-state index in [2.05, 4.69) is 43.8 Å². The van der Waals surface area contributed by atoms with Crippen molar-refractivity contribution in [1.82, 2.24) is 19.5 Å². The van der Waals surface area contributed by atoms with Crippen molar-refractivity contribution in [1.29, 1.82) is 0 Å². The van der Waals surface area contributed by atoms with E-state index in [-0.39, 0.29) is 11.0 Å². The highest BCUT2D eigenvalue weighted by Crippen LogP contribution is 2.23. The summed E-state index contributed by atoms with van der Waals surface area (Å²) >= 11 is 0. The molecule has 0 aliphatic heterocycles. The van der Waals surface area contributed by atoms with Gasteiger partial charge in [-0.1, -0.05) is 22.8 Å². The molecule has 0 radical (unpaired) electrons. The first-order valence-corrected chi connectivity index (χ1v) is 9.46. The van der Waals surface area contributed by atoms with E-state index in [9.17, 15) is 4.79 Å². The summed E-state index contributed by atoms with van der Waals surface area (Å²) in [5.41, 5.74) is 4.48. The number of pyridine rings is 2. The van der Waals surface area contributed by atoms with E-state index in [1.807, 2.05) is 48.0 Å². The minimum atomic E-state index is -0.187. The monoisotopic (exact) mass is 379 g/mol. The maximum Gasteiger partial charge on any atom is 0.256 e. The van der Waals surface area contributed by atoms with Crippen molar-refractivity contribution in [2.45, 2.75) is 5.11 Å². The largest absolute Gasteiger partial charge is 0.334 e. The van der Waals surface area contributed by atoms with E-state index in [1.54, 1.807) is 24.9 Å². The number of imidazole rings is 1. The summed E-state index contributed by atoms with van der Waals surface area (Å²) in [6.07, 6.45) is 7.02. The molecule has 0 aliphatic carbocycles. The van der Waals surface area contributed by atoms with Crippen LogP contribution in [0.2, 0.25) is 0 Å². The minimum Gasteiger partial charge on any atom is -0.334 e. The number of rotatable bonds is 4. The molecule has 9 heteroatoms. The standard InChI is InChI=1S/C20H20B3N5O/c1-28-11-24-10-17(28)14-6-13-7-18(26-9-16(13)25-8-14)27-19(29)12-2-4-15(5-3-12)20(21,22)23/h2-11H,21-23H2,1H3,(H,26,27,29). The van der Waals surface area contributed by atoms with Gasteiger partial charge in [-0.3, -0.25) is 9.78 Å². The second-order valence-corrected chi connectivity index (χ2v) is 8.16. The summed E-state index contributed by atoms with van der Waals surface area (Å²) in [7, 11) is 8.38. The fourth-order valence-corrected chi connectivity index (χ4v) is 3.18. The van der Waals surface area contributed by atoms with Gasteiger partial charge in [-0.05, 0) is 24.3 Å². The average Bonchev–Trinajstić information content (AvgIpc) is 3.13. The zero-order valence-corrected chi connectivity index (χ0v) is 17.0. The molecule has 0 saturated carbocycles. The SMILES string of the molecule is BC(B)(B)c1ccc(C(=O)Nc2cc3cc(-c4cncn4C)cnc3cn2)cc1. The van der Waals surface area contributed by atoms with Crippen molar-refractivity contribution < 1.29 is 4.79 Å². The molecule has 29 heavy (non-hydrogen) atoms. The molecule has 1 amide bonds. The van der Waals surface area contributed by atoms with Gasteiger partial charge in [0.25, 0.3) is 5.91 Å². The molecular formula is C20H20B3N5O. The lowest BCUT2D eigenvalue weighted by molar-refractivity contribution is 0.102. The lowest BCUT2D eigenvalue weighted by Gasteiger charge is -2.18. The molecule has 0 saturated heterocycles. The smallest absolute Gasteiger partial charge is 0.256 e. The first kappa shape index (κ1) is 19.0. The van der Waals surface area contributed by atoms with E-state index in [0.717, 1.165) is 22.2 Å². The van der Waals surface area contributed by atoms with Gasteiger partial charge >= 0.3 is 0 Å². The molecule has 4 aromatic rings. The number of nitrogens with one attached hydrogen (secondary N) is 1. The van der Waals surface area contributed by atoms with Crippen LogP contribution in [0.25, 0.3) is 22.2 Å². The van der Waals surface area contributed by atoms with Crippen LogP contribution in [0.5, 0.6) is 0 Å². The Morgan fingerprint density at radius 2 is 1.79 bits per heavy atom. The number of hydrogen-bond acceptors (Lipinski definition) is 4. The van der Waals surface area contributed by atoms with Gasteiger partial charge < -0.3 is 9.88 Å². The molecule has 3 heterocycles. The van der Waals surface area contributed by atoms with Crippen LogP contribution < -0.4 is 5.32 Å². The molecule has 3 aromatic heterocycles. The van der Waals surface area contributed by atoms with Crippen LogP contribution in [-0.2, 0) is 12.2 Å². The Balaban J connectivity index is 1.59. The lowest BCUT2D eigenvalue weighted by atomic mass is 9.40. The molecule has 0 atom stereocenters. The zero-order valence-electron chi connectivity index (χ0n) is 17.0. The number of aryl methyl sites for hydroxylation is 1. The molecule has 1 aromatic carbocycles. The number of amides is 1. The molecule has 140 valence electrons. The minimum absolute atomic E-state index is 0.0491. The quantitative estimate of drug-likeness (QED) is 0.518. The second-order valence-electron chi connectivity index (χ2n) is 8.16.